The topological polar surface area (TPSA) is 76.0 Å². The lowest BCUT2D eigenvalue weighted by Gasteiger charge is -2.17. The monoisotopic (exact) mass is 266 g/mol. The zero-order chi connectivity index (χ0) is 13.8. The second kappa shape index (κ2) is 5.95. The number of imide groups is 3. The minimum atomic E-state index is -0.897. The van der Waals surface area contributed by atoms with Gasteiger partial charge in [-0.25, -0.2) is 4.79 Å². The first-order valence-corrected chi connectivity index (χ1v) is 6.74. The van der Waals surface area contributed by atoms with E-state index in [9.17, 15) is 14.4 Å². The average molecular weight is 266 g/mol. The molecule has 6 heteroatoms. The quantitative estimate of drug-likeness (QED) is 0.712. The van der Waals surface area contributed by atoms with Gasteiger partial charge >= 0.3 is 6.09 Å². The maximum absolute atomic E-state index is 12.0. The summed E-state index contributed by atoms with van der Waals surface area (Å²) in [6, 6.07) is 0.114. The molecule has 1 saturated carbocycles. The van der Waals surface area contributed by atoms with E-state index >= 15 is 0 Å². The smallest absolute Gasteiger partial charge is 0.423 e. The van der Waals surface area contributed by atoms with E-state index in [-0.39, 0.29) is 24.8 Å². The van der Waals surface area contributed by atoms with Crippen LogP contribution in [-0.2, 0) is 14.3 Å². The fourth-order valence-corrected chi connectivity index (χ4v) is 2.44. The van der Waals surface area contributed by atoms with Crippen molar-refractivity contribution >= 4 is 23.6 Å². The Morgan fingerprint density at radius 1 is 1.32 bits per heavy atom. The number of likely N-dealkylation sites (tertiary alicyclic amines) is 1. The van der Waals surface area contributed by atoms with Crippen LogP contribution in [-0.4, -0.2) is 41.2 Å². The highest BCUT2D eigenvalue weighted by Gasteiger charge is 2.41. The van der Waals surface area contributed by atoms with E-state index in [1.807, 2.05) is 0 Å². The van der Waals surface area contributed by atoms with Crippen molar-refractivity contribution in [3.8, 4) is 0 Å². The van der Waals surface area contributed by atoms with Gasteiger partial charge in [0.15, 0.2) is 0 Å². The molecule has 2 rings (SSSR count). The second-order valence-corrected chi connectivity index (χ2v) is 4.78. The molecule has 1 aliphatic carbocycles. The lowest BCUT2D eigenvalue weighted by atomic mass is 9.96. The van der Waals surface area contributed by atoms with Gasteiger partial charge in [0.05, 0.1) is 19.1 Å². The highest BCUT2D eigenvalue weighted by Crippen LogP contribution is 2.22. The number of hydrogen-bond acceptors (Lipinski definition) is 5. The molecule has 2 aliphatic rings. The predicted molar refractivity (Wildman–Crippen MR) is 67.8 cm³/mol. The Kier molecular flexibility index (Phi) is 4.29. The van der Waals surface area contributed by atoms with Crippen molar-refractivity contribution < 1.29 is 19.1 Å². The molecule has 0 atom stereocenters. The number of rotatable bonds is 2. The molecule has 2 fully saturated rings. The number of hydrogen-bond donors (Lipinski definition) is 0. The summed E-state index contributed by atoms with van der Waals surface area (Å²) in [5, 5.41) is 0. The van der Waals surface area contributed by atoms with Gasteiger partial charge in [-0.05, 0) is 19.8 Å². The maximum atomic E-state index is 12.0. The summed E-state index contributed by atoms with van der Waals surface area (Å²) in [7, 11) is 0. The van der Waals surface area contributed by atoms with Crippen LogP contribution in [0.25, 0.3) is 0 Å². The summed E-state index contributed by atoms with van der Waals surface area (Å²) in [4.78, 5) is 40.1. The van der Waals surface area contributed by atoms with Gasteiger partial charge in [-0.2, -0.15) is 4.90 Å². The SMILES string of the molecule is CCOC(=O)N1C(=O)CC(=NC2CCCCC2)C1=O. The molecular formula is C13H18N2O4. The molecule has 0 aromatic heterocycles. The molecule has 0 aromatic carbocycles. The average Bonchev–Trinajstić information content (AvgIpc) is 2.66. The number of carbonyl (C=O) groups excluding carboxylic acids is 3. The molecule has 0 spiro atoms. The van der Waals surface area contributed by atoms with Gasteiger partial charge in [-0.3, -0.25) is 14.6 Å². The van der Waals surface area contributed by atoms with Crippen molar-refractivity contribution in [1.29, 1.82) is 0 Å². The van der Waals surface area contributed by atoms with Gasteiger partial charge in [0.2, 0.25) is 5.91 Å². The molecule has 6 nitrogen and oxygen atoms in total. The normalized spacial score (nSPS) is 23.2. The molecule has 1 heterocycles. The van der Waals surface area contributed by atoms with Crippen molar-refractivity contribution in [2.75, 3.05) is 6.61 Å². The molecule has 0 N–H and O–H groups in total. The minimum Gasteiger partial charge on any atom is -0.449 e. The number of amides is 3. The van der Waals surface area contributed by atoms with E-state index in [4.69, 9.17) is 4.74 Å². The lowest BCUT2D eigenvalue weighted by molar-refractivity contribution is -0.134. The zero-order valence-electron chi connectivity index (χ0n) is 11.1. The minimum absolute atomic E-state index is 0.0891. The number of ether oxygens (including phenoxy) is 1. The molecule has 19 heavy (non-hydrogen) atoms. The van der Waals surface area contributed by atoms with Crippen LogP contribution in [0.15, 0.2) is 4.99 Å². The van der Waals surface area contributed by atoms with Gasteiger partial charge in [0.25, 0.3) is 5.91 Å². The molecule has 104 valence electrons. The zero-order valence-corrected chi connectivity index (χ0v) is 11.1. The fraction of sp³-hybridized carbons (Fsp3) is 0.692. The Morgan fingerprint density at radius 3 is 2.63 bits per heavy atom. The van der Waals surface area contributed by atoms with Gasteiger partial charge in [0, 0.05) is 0 Å². The molecule has 0 radical (unpaired) electrons. The van der Waals surface area contributed by atoms with E-state index in [2.05, 4.69) is 4.99 Å². The molecule has 0 unspecified atom stereocenters. The van der Waals surface area contributed by atoms with E-state index in [1.54, 1.807) is 6.92 Å². The standard InChI is InChI=1S/C13H18N2O4/c1-2-19-13(18)15-11(16)8-10(12(15)17)14-9-6-4-3-5-7-9/h9H,2-8H2,1H3. The summed E-state index contributed by atoms with van der Waals surface area (Å²) >= 11 is 0. The molecule has 0 aromatic rings. The molecular weight excluding hydrogens is 248 g/mol. The third-order valence-electron chi connectivity index (χ3n) is 3.38. The molecule has 1 saturated heterocycles. The highest BCUT2D eigenvalue weighted by molar-refractivity contribution is 6.51. The first kappa shape index (κ1) is 13.7. The maximum Gasteiger partial charge on any atom is 0.423 e. The Morgan fingerprint density at radius 2 is 2.00 bits per heavy atom. The predicted octanol–water partition coefficient (Wildman–Crippen LogP) is 1.68. The highest BCUT2D eigenvalue weighted by atomic mass is 16.6. The lowest BCUT2D eigenvalue weighted by Crippen LogP contribution is -2.37. The van der Waals surface area contributed by atoms with Crippen LogP contribution < -0.4 is 0 Å². The Labute approximate surface area is 111 Å². The van der Waals surface area contributed by atoms with Crippen molar-refractivity contribution in [1.82, 2.24) is 4.90 Å². The van der Waals surface area contributed by atoms with Crippen LogP contribution in [0, 0.1) is 0 Å². The van der Waals surface area contributed by atoms with Crippen molar-refractivity contribution in [2.45, 2.75) is 51.5 Å². The van der Waals surface area contributed by atoms with Crippen LogP contribution in [0.2, 0.25) is 0 Å². The van der Waals surface area contributed by atoms with Crippen LogP contribution in [0.1, 0.15) is 45.4 Å². The molecule has 1 aliphatic heterocycles. The van der Waals surface area contributed by atoms with E-state index in [1.165, 1.54) is 6.42 Å². The van der Waals surface area contributed by atoms with Crippen molar-refractivity contribution in [2.24, 2.45) is 4.99 Å². The third kappa shape index (κ3) is 3.00. The molecule has 3 amide bonds. The Bertz CT molecular complexity index is 424. The summed E-state index contributed by atoms with van der Waals surface area (Å²) < 4.78 is 4.70. The fourth-order valence-electron chi connectivity index (χ4n) is 2.44. The molecule has 0 bridgehead atoms. The summed E-state index contributed by atoms with van der Waals surface area (Å²) in [6.45, 7) is 1.75. The van der Waals surface area contributed by atoms with Gasteiger partial charge in [0.1, 0.15) is 5.71 Å². The van der Waals surface area contributed by atoms with Crippen LogP contribution >= 0.6 is 0 Å². The van der Waals surface area contributed by atoms with Gasteiger partial charge in [-0.1, -0.05) is 19.3 Å². The first-order chi connectivity index (χ1) is 9.13. The summed E-state index contributed by atoms with van der Waals surface area (Å²) in [6.07, 6.45) is 4.31. The van der Waals surface area contributed by atoms with Crippen molar-refractivity contribution in [3.05, 3.63) is 0 Å². The van der Waals surface area contributed by atoms with Crippen molar-refractivity contribution in [3.63, 3.8) is 0 Å². The van der Waals surface area contributed by atoms with Gasteiger partial charge in [-0.15, -0.1) is 0 Å². The Hall–Kier alpha value is -1.72. The first-order valence-electron chi connectivity index (χ1n) is 6.74. The largest absolute Gasteiger partial charge is 0.449 e. The van der Waals surface area contributed by atoms with Crippen LogP contribution in [0.4, 0.5) is 4.79 Å². The van der Waals surface area contributed by atoms with E-state index in [0.717, 1.165) is 25.7 Å². The number of nitrogens with zero attached hydrogens (tertiary/aromatic N) is 2. The summed E-state index contributed by atoms with van der Waals surface area (Å²) in [5.41, 5.74) is 0.199. The van der Waals surface area contributed by atoms with Crippen LogP contribution in [0.5, 0.6) is 0 Å². The summed E-state index contributed by atoms with van der Waals surface area (Å²) in [5.74, 6) is -1.16. The third-order valence-corrected chi connectivity index (χ3v) is 3.38. The van der Waals surface area contributed by atoms with Gasteiger partial charge < -0.3 is 4.74 Å². The Balaban J connectivity index is 2.08. The van der Waals surface area contributed by atoms with E-state index in [0.29, 0.717) is 4.90 Å². The van der Waals surface area contributed by atoms with E-state index < -0.39 is 17.9 Å². The number of carbonyl (C=O) groups is 3. The van der Waals surface area contributed by atoms with Crippen LogP contribution in [0.3, 0.4) is 0 Å². The second-order valence-electron chi connectivity index (χ2n) is 4.78. The number of aliphatic imine (C=N–C) groups is 1.